The van der Waals surface area contributed by atoms with Crippen LogP contribution in [0.4, 0.5) is 8.78 Å². The van der Waals surface area contributed by atoms with Gasteiger partial charge in [-0.2, -0.15) is 0 Å². The lowest BCUT2D eigenvalue weighted by Gasteiger charge is -2.30. The molecule has 1 amide bonds. The van der Waals surface area contributed by atoms with Gasteiger partial charge in [-0.3, -0.25) is 10.1 Å². The van der Waals surface area contributed by atoms with Crippen molar-refractivity contribution >= 4 is 5.91 Å². The predicted octanol–water partition coefficient (Wildman–Crippen LogP) is 1.86. The molecule has 1 aliphatic rings. The molecule has 0 spiro atoms. The highest BCUT2D eigenvalue weighted by molar-refractivity contribution is 5.81. The fourth-order valence-corrected chi connectivity index (χ4v) is 2.45. The third-order valence-electron chi connectivity index (χ3n) is 3.62. The number of amides is 1. The van der Waals surface area contributed by atoms with Crippen LogP contribution in [0.2, 0.25) is 0 Å². The second-order valence-corrected chi connectivity index (χ2v) is 5.21. The van der Waals surface area contributed by atoms with Crippen LogP contribution in [0.15, 0.2) is 18.2 Å². The number of carbonyl (C=O) groups excluding carboxylic acids is 1. The number of hydrogen-bond donors (Lipinski definition) is 1. The molecule has 0 aliphatic carbocycles. The van der Waals surface area contributed by atoms with E-state index in [1.807, 2.05) is 0 Å². The molecule has 0 aromatic heterocycles. The summed E-state index contributed by atoms with van der Waals surface area (Å²) in [6.07, 6.45) is 0. The lowest BCUT2D eigenvalue weighted by molar-refractivity contribution is -0.137. The Labute approximate surface area is 123 Å². The number of ether oxygens (including phenoxy) is 1. The maximum atomic E-state index is 13.7. The van der Waals surface area contributed by atoms with Gasteiger partial charge in [0.05, 0.1) is 19.3 Å². The highest BCUT2D eigenvalue weighted by Gasteiger charge is 2.24. The molecule has 21 heavy (non-hydrogen) atoms. The molecule has 0 unspecified atom stereocenters. The van der Waals surface area contributed by atoms with E-state index in [4.69, 9.17) is 4.74 Å². The highest BCUT2D eigenvalue weighted by Crippen LogP contribution is 2.18. The van der Waals surface area contributed by atoms with E-state index in [1.165, 1.54) is 12.1 Å². The van der Waals surface area contributed by atoms with E-state index < -0.39 is 17.7 Å². The summed E-state index contributed by atoms with van der Waals surface area (Å²) in [5.74, 6) is -1.26. The number of benzene rings is 1. The van der Waals surface area contributed by atoms with Crippen LogP contribution in [0.25, 0.3) is 0 Å². The van der Waals surface area contributed by atoms with Crippen molar-refractivity contribution in [1.29, 1.82) is 0 Å². The van der Waals surface area contributed by atoms with Crippen molar-refractivity contribution in [3.63, 3.8) is 0 Å². The minimum atomic E-state index is -0.610. The Bertz CT molecular complexity index is 504. The van der Waals surface area contributed by atoms with Gasteiger partial charge >= 0.3 is 0 Å². The highest BCUT2D eigenvalue weighted by atomic mass is 19.1. The first-order chi connectivity index (χ1) is 9.99. The number of morpholine rings is 1. The number of carbonyl (C=O) groups is 1. The summed E-state index contributed by atoms with van der Waals surface area (Å²) in [5, 5.41) is 3.06. The van der Waals surface area contributed by atoms with Crippen molar-refractivity contribution in [2.75, 3.05) is 26.3 Å². The summed E-state index contributed by atoms with van der Waals surface area (Å²) < 4.78 is 31.8. The Kier molecular flexibility index (Phi) is 5.25. The van der Waals surface area contributed by atoms with E-state index in [0.717, 1.165) is 6.07 Å². The average Bonchev–Trinajstić information content (AvgIpc) is 2.47. The fraction of sp³-hybridized carbons (Fsp3) is 0.533. The number of halogens is 2. The lowest BCUT2D eigenvalue weighted by Crippen LogP contribution is -2.49. The number of rotatable bonds is 4. The topological polar surface area (TPSA) is 41.6 Å². The molecule has 1 aliphatic heterocycles. The largest absolute Gasteiger partial charge is 0.378 e. The fourth-order valence-electron chi connectivity index (χ4n) is 2.45. The summed E-state index contributed by atoms with van der Waals surface area (Å²) in [6, 6.07) is 2.63. The Morgan fingerprint density at radius 2 is 1.95 bits per heavy atom. The monoisotopic (exact) mass is 298 g/mol. The second-order valence-electron chi connectivity index (χ2n) is 5.21. The minimum Gasteiger partial charge on any atom is -0.378 e. The molecule has 1 aromatic rings. The zero-order valence-corrected chi connectivity index (χ0v) is 12.2. The Balaban J connectivity index is 1.97. The van der Waals surface area contributed by atoms with Crippen molar-refractivity contribution in [1.82, 2.24) is 10.2 Å². The van der Waals surface area contributed by atoms with Crippen molar-refractivity contribution in [2.24, 2.45) is 0 Å². The lowest BCUT2D eigenvalue weighted by atomic mass is 10.1. The number of nitrogens with zero attached hydrogens (tertiary/aromatic N) is 1. The summed E-state index contributed by atoms with van der Waals surface area (Å²) in [7, 11) is 0. The van der Waals surface area contributed by atoms with Crippen molar-refractivity contribution in [3.8, 4) is 0 Å². The van der Waals surface area contributed by atoms with Gasteiger partial charge in [0.25, 0.3) is 0 Å². The molecular weight excluding hydrogens is 278 g/mol. The Morgan fingerprint density at radius 1 is 1.29 bits per heavy atom. The third-order valence-corrected chi connectivity index (χ3v) is 3.62. The quantitative estimate of drug-likeness (QED) is 0.922. The van der Waals surface area contributed by atoms with Crippen LogP contribution in [-0.4, -0.2) is 43.2 Å². The standard InChI is InChI=1S/C15H20F2N2O2/c1-10(13-4-3-12(16)9-14(13)17)18-11(2)15(20)19-5-7-21-8-6-19/h3-4,9-11,18H,5-8H2,1-2H3/t10-,11-/m0/s1. The minimum absolute atomic E-state index is 0.0346. The van der Waals surface area contributed by atoms with E-state index in [0.29, 0.717) is 31.9 Å². The number of nitrogens with one attached hydrogen (secondary N) is 1. The summed E-state index contributed by atoms with van der Waals surface area (Å²) in [6.45, 7) is 5.73. The maximum Gasteiger partial charge on any atom is 0.239 e. The van der Waals surface area contributed by atoms with Crippen molar-refractivity contribution in [2.45, 2.75) is 25.9 Å². The van der Waals surface area contributed by atoms with E-state index in [1.54, 1.807) is 18.7 Å². The molecule has 1 N–H and O–H groups in total. The van der Waals surface area contributed by atoms with Crippen LogP contribution in [0.3, 0.4) is 0 Å². The Hall–Kier alpha value is -1.53. The van der Waals surface area contributed by atoms with Gasteiger partial charge in [0, 0.05) is 30.8 Å². The number of hydrogen-bond acceptors (Lipinski definition) is 3. The Morgan fingerprint density at radius 3 is 2.57 bits per heavy atom. The van der Waals surface area contributed by atoms with Gasteiger partial charge in [-0.15, -0.1) is 0 Å². The molecule has 1 fully saturated rings. The van der Waals surface area contributed by atoms with Crippen molar-refractivity contribution in [3.05, 3.63) is 35.4 Å². The molecule has 0 bridgehead atoms. The van der Waals surface area contributed by atoms with Crippen LogP contribution in [-0.2, 0) is 9.53 Å². The summed E-state index contributed by atoms with van der Waals surface area (Å²) >= 11 is 0. The molecule has 6 heteroatoms. The van der Waals surface area contributed by atoms with Gasteiger partial charge in [-0.25, -0.2) is 8.78 Å². The zero-order chi connectivity index (χ0) is 15.4. The van der Waals surface area contributed by atoms with Gasteiger partial charge in [-0.1, -0.05) is 6.07 Å². The van der Waals surface area contributed by atoms with Crippen molar-refractivity contribution < 1.29 is 18.3 Å². The van der Waals surface area contributed by atoms with Crippen LogP contribution >= 0.6 is 0 Å². The first-order valence-corrected chi connectivity index (χ1v) is 7.06. The van der Waals surface area contributed by atoms with E-state index in [-0.39, 0.29) is 11.9 Å². The third kappa shape index (κ3) is 3.98. The molecule has 0 saturated carbocycles. The van der Waals surface area contributed by atoms with Gasteiger partial charge in [0.15, 0.2) is 0 Å². The van der Waals surface area contributed by atoms with E-state index in [2.05, 4.69) is 5.32 Å². The normalized spacial score (nSPS) is 18.4. The summed E-state index contributed by atoms with van der Waals surface area (Å²) in [4.78, 5) is 14.0. The molecular formula is C15H20F2N2O2. The van der Waals surface area contributed by atoms with Crippen LogP contribution < -0.4 is 5.32 Å². The molecule has 2 atom stereocenters. The molecule has 1 heterocycles. The smallest absolute Gasteiger partial charge is 0.239 e. The first kappa shape index (κ1) is 15.9. The molecule has 116 valence electrons. The van der Waals surface area contributed by atoms with Crippen LogP contribution in [0, 0.1) is 11.6 Å². The molecule has 4 nitrogen and oxygen atoms in total. The molecule has 0 radical (unpaired) electrons. The second kappa shape index (κ2) is 6.95. The van der Waals surface area contributed by atoms with Gasteiger partial charge in [0.1, 0.15) is 11.6 Å². The van der Waals surface area contributed by atoms with E-state index >= 15 is 0 Å². The molecule has 1 aromatic carbocycles. The van der Waals surface area contributed by atoms with Crippen LogP contribution in [0.1, 0.15) is 25.5 Å². The van der Waals surface area contributed by atoms with E-state index in [9.17, 15) is 13.6 Å². The first-order valence-electron chi connectivity index (χ1n) is 7.06. The van der Waals surface area contributed by atoms with Gasteiger partial charge < -0.3 is 9.64 Å². The summed E-state index contributed by atoms with van der Waals surface area (Å²) in [5.41, 5.74) is 0.345. The maximum absolute atomic E-state index is 13.7. The molecule has 2 rings (SSSR count). The van der Waals surface area contributed by atoms with Gasteiger partial charge in [0.2, 0.25) is 5.91 Å². The zero-order valence-electron chi connectivity index (χ0n) is 12.2. The predicted molar refractivity (Wildman–Crippen MR) is 74.8 cm³/mol. The molecule has 1 saturated heterocycles. The van der Waals surface area contributed by atoms with Crippen LogP contribution in [0.5, 0.6) is 0 Å². The van der Waals surface area contributed by atoms with Gasteiger partial charge in [-0.05, 0) is 19.9 Å². The average molecular weight is 298 g/mol. The SMILES string of the molecule is C[C@H](N[C@@H](C)c1ccc(F)cc1F)C(=O)N1CCOCC1.